The lowest BCUT2D eigenvalue weighted by molar-refractivity contribution is -0.253. The molecule has 7 nitrogen and oxygen atoms in total. The minimum absolute atomic E-state index is 0.0284. The summed E-state index contributed by atoms with van der Waals surface area (Å²) in [6, 6.07) is 34.4. The minimum atomic E-state index is -0.492. The molecule has 234 valence electrons. The molecule has 0 bridgehead atoms. The van der Waals surface area contributed by atoms with E-state index in [1.165, 1.54) is 19.3 Å². The van der Waals surface area contributed by atoms with E-state index < -0.39 is 6.29 Å². The normalized spacial score (nSPS) is 20.4. The molecule has 0 unspecified atom stereocenters. The van der Waals surface area contributed by atoms with Gasteiger partial charge in [0.15, 0.2) is 6.29 Å². The van der Waals surface area contributed by atoms with E-state index in [0.717, 1.165) is 65.0 Å². The van der Waals surface area contributed by atoms with Gasteiger partial charge in [0.1, 0.15) is 0 Å². The van der Waals surface area contributed by atoms with Gasteiger partial charge in [-0.2, -0.15) is 0 Å². The fourth-order valence-corrected chi connectivity index (χ4v) is 6.21. The van der Waals surface area contributed by atoms with Crippen molar-refractivity contribution >= 4 is 6.03 Å². The number of hydrogen-bond acceptors (Lipinski definition) is 5. The summed E-state index contributed by atoms with van der Waals surface area (Å²) < 4.78 is 13.3. The van der Waals surface area contributed by atoms with Gasteiger partial charge >= 0.3 is 6.03 Å². The molecule has 0 saturated carbocycles. The van der Waals surface area contributed by atoms with Crippen LogP contribution < -0.4 is 10.6 Å². The molecule has 0 radical (unpaired) electrons. The average molecular weight is 606 g/mol. The van der Waals surface area contributed by atoms with Crippen molar-refractivity contribution in [2.24, 2.45) is 0 Å². The zero-order chi connectivity index (χ0) is 30.8. The summed E-state index contributed by atoms with van der Waals surface area (Å²) in [6.45, 7) is 4.09. The first kappa shape index (κ1) is 31.0. The standard InChI is InChI=1S/C38H43N3O4/c42-27-29-15-17-31(18-16-29)36-23-35(26-41-19-5-2-6-20-41)44-37(45-36)34-14-8-13-33(22-34)32-12-7-11-30(21-32)25-40-38(43)39-24-28-9-3-1-4-10-28/h1,3-4,7-18,21-22,35-37,42H,2,5-6,19-20,23-27H2,(H2,39,40,43)/t35-,36+,37+/m1/s1. The van der Waals surface area contributed by atoms with Crippen LogP contribution in [0.4, 0.5) is 4.79 Å². The van der Waals surface area contributed by atoms with Crippen LogP contribution in [0.15, 0.2) is 103 Å². The molecule has 0 spiro atoms. The summed E-state index contributed by atoms with van der Waals surface area (Å²) >= 11 is 0. The van der Waals surface area contributed by atoms with Crippen LogP contribution in [0.3, 0.4) is 0 Å². The Bertz CT molecular complexity index is 1520. The summed E-state index contributed by atoms with van der Waals surface area (Å²) in [5.41, 5.74) is 7.19. The quantitative estimate of drug-likeness (QED) is 0.184. The maximum atomic E-state index is 12.4. The van der Waals surface area contributed by atoms with Crippen molar-refractivity contribution < 1.29 is 19.4 Å². The van der Waals surface area contributed by atoms with E-state index in [9.17, 15) is 9.90 Å². The van der Waals surface area contributed by atoms with Crippen LogP contribution in [0.25, 0.3) is 11.1 Å². The first-order chi connectivity index (χ1) is 22.1. The van der Waals surface area contributed by atoms with Gasteiger partial charge in [-0.3, -0.25) is 0 Å². The molecule has 4 aromatic rings. The number of likely N-dealkylation sites (tertiary alicyclic amines) is 1. The topological polar surface area (TPSA) is 83.1 Å². The van der Waals surface area contributed by atoms with E-state index in [0.29, 0.717) is 13.1 Å². The Morgan fingerprint density at radius 1 is 0.711 bits per heavy atom. The number of carbonyl (C=O) groups is 1. The highest BCUT2D eigenvalue weighted by Crippen LogP contribution is 2.39. The lowest BCUT2D eigenvalue weighted by atomic mass is 9.98. The first-order valence-corrected chi connectivity index (χ1v) is 16.1. The SMILES string of the molecule is O=C(NCc1ccccc1)NCc1cccc(-c2cccc([C@H]3O[C@@H](CN4CCCCC4)C[C@@H](c4ccc(CO)cc4)O3)c2)c1. The molecule has 2 aliphatic heterocycles. The zero-order valence-corrected chi connectivity index (χ0v) is 25.7. The number of aliphatic hydroxyl groups excluding tert-OH is 1. The lowest BCUT2D eigenvalue weighted by Gasteiger charge is -2.39. The van der Waals surface area contributed by atoms with Gasteiger partial charge in [0.2, 0.25) is 0 Å². The summed E-state index contributed by atoms with van der Waals surface area (Å²) in [5, 5.41) is 15.4. The zero-order valence-electron chi connectivity index (χ0n) is 25.7. The molecule has 6 rings (SSSR count). The van der Waals surface area contributed by atoms with E-state index in [2.05, 4.69) is 64.1 Å². The number of nitrogens with zero attached hydrogens (tertiary/aromatic N) is 1. The summed E-state index contributed by atoms with van der Waals surface area (Å²) in [6.07, 6.45) is 4.04. The monoisotopic (exact) mass is 605 g/mol. The predicted molar refractivity (Wildman–Crippen MR) is 176 cm³/mol. The molecule has 3 N–H and O–H groups in total. The lowest BCUT2D eigenvalue weighted by Crippen LogP contribution is -2.41. The molecular formula is C38H43N3O4. The van der Waals surface area contributed by atoms with Crippen LogP contribution in [-0.4, -0.2) is 41.8 Å². The number of aliphatic hydroxyl groups is 1. The first-order valence-electron chi connectivity index (χ1n) is 16.1. The Morgan fingerprint density at radius 2 is 1.40 bits per heavy atom. The van der Waals surface area contributed by atoms with E-state index in [1.807, 2.05) is 54.6 Å². The van der Waals surface area contributed by atoms with Crippen molar-refractivity contribution in [2.75, 3.05) is 19.6 Å². The molecule has 7 heteroatoms. The Hall–Kier alpha value is -4.01. The number of piperidine rings is 1. The predicted octanol–water partition coefficient (Wildman–Crippen LogP) is 6.88. The van der Waals surface area contributed by atoms with Crippen molar-refractivity contribution in [3.8, 4) is 11.1 Å². The minimum Gasteiger partial charge on any atom is -0.392 e. The molecule has 45 heavy (non-hydrogen) atoms. The Kier molecular flexibility index (Phi) is 10.6. The van der Waals surface area contributed by atoms with Crippen LogP contribution >= 0.6 is 0 Å². The largest absolute Gasteiger partial charge is 0.392 e. The average Bonchev–Trinajstić information content (AvgIpc) is 3.11. The van der Waals surface area contributed by atoms with Gasteiger partial charge in [-0.1, -0.05) is 97.4 Å². The molecular weight excluding hydrogens is 562 g/mol. The number of ether oxygens (including phenoxy) is 2. The fraction of sp³-hybridized carbons (Fsp3) is 0.342. The van der Waals surface area contributed by atoms with Gasteiger partial charge in [-0.15, -0.1) is 0 Å². The number of benzene rings is 4. The third kappa shape index (κ3) is 8.59. The molecule has 2 fully saturated rings. The molecule has 2 amide bonds. The Labute approximate surface area is 266 Å². The third-order valence-corrected chi connectivity index (χ3v) is 8.69. The van der Waals surface area contributed by atoms with Crippen molar-refractivity contribution in [2.45, 2.75) is 63.9 Å². The third-order valence-electron chi connectivity index (χ3n) is 8.69. The van der Waals surface area contributed by atoms with Gasteiger partial charge in [-0.05, 0) is 71.4 Å². The van der Waals surface area contributed by atoms with Crippen LogP contribution in [0.1, 0.15) is 65.9 Å². The highest BCUT2D eigenvalue weighted by molar-refractivity contribution is 5.74. The van der Waals surface area contributed by atoms with Crippen LogP contribution in [0.5, 0.6) is 0 Å². The molecule has 0 aromatic heterocycles. The number of hydrogen-bond donors (Lipinski definition) is 3. The second-order valence-electron chi connectivity index (χ2n) is 12.1. The number of rotatable bonds is 10. The van der Waals surface area contributed by atoms with Gasteiger partial charge in [-0.25, -0.2) is 4.79 Å². The maximum absolute atomic E-state index is 12.4. The molecule has 2 heterocycles. The van der Waals surface area contributed by atoms with Crippen LogP contribution in [0, 0.1) is 0 Å². The van der Waals surface area contributed by atoms with Crippen LogP contribution in [-0.2, 0) is 29.2 Å². The van der Waals surface area contributed by atoms with E-state index in [1.54, 1.807) is 0 Å². The smallest absolute Gasteiger partial charge is 0.315 e. The Balaban J connectivity index is 1.14. The summed E-state index contributed by atoms with van der Waals surface area (Å²) in [4.78, 5) is 14.9. The number of urea groups is 1. The second kappa shape index (κ2) is 15.3. The number of amides is 2. The molecule has 4 aromatic carbocycles. The van der Waals surface area contributed by atoms with E-state index in [-0.39, 0.29) is 24.8 Å². The second-order valence-corrected chi connectivity index (χ2v) is 12.1. The van der Waals surface area contributed by atoms with Gasteiger partial charge in [0.05, 0.1) is 18.8 Å². The molecule has 2 aliphatic rings. The Morgan fingerprint density at radius 3 is 2.16 bits per heavy atom. The van der Waals surface area contributed by atoms with Crippen LogP contribution in [0.2, 0.25) is 0 Å². The van der Waals surface area contributed by atoms with E-state index in [4.69, 9.17) is 9.47 Å². The van der Waals surface area contributed by atoms with Crippen molar-refractivity contribution in [1.82, 2.24) is 15.5 Å². The van der Waals surface area contributed by atoms with Gasteiger partial charge in [0, 0.05) is 31.6 Å². The van der Waals surface area contributed by atoms with Crippen molar-refractivity contribution in [1.29, 1.82) is 0 Å². The van der Waals surface area contributed by atoms with Crippen molar-refractivity contribution in [3.63, 3.8) is 0 Å². The maximum Gasteiger partial charge on any atom is 0.315 e. The highest BCUT2D eigenvalue weighted by atomic mass is 16.7. The summed E-state index contributed by atoms with van der Waals surface area (Å²) in [5.74, 6) is 0. The van der Waals surface area contributed by atoms with Gasteiger partial charge < -0.3 is 30.1 Å². The van der Waals surface area contributed by atoms with E-state index >= 15 is 0 Å². The van der Waals surface area contributed by atoms with Crippen molar-refractivity contribution in [3.05, 3.63) is 131 Å². The highest BCUT2D eigenvalue weighted by Gasteiger charge is 2.33. The molecule has 2 saturated heterocycles. The van der Waals surface area contributed by atoms with Gasteiger partial charge in [0.25, 0.3) is 0 Å². The summed E-state index contributed by atoms with van der Waals surface area (Å²) in [7, 11) is 0. The molecule has 0 aliphatic carbocycles. The fourth-order valence-electron chi connectivity index (χ4n) is 6.21. The number of nitrogens with one attached hydrogen (secondary N) is 2. The number of carbonyl (C=O) groups excluding carboxylic acids is 1. The molecule has 3 atom stereocenters.